The number of carboxylic acids is 1. The SMILES string of the molecule is CC1=C(C(=O)OCc2ccccc2)C(c2cc3c(cc2[N+](=O)[O-])OCO3)NC(=O)N1CCCC(=O)O. The van der Waals surface area contributed by atoms with Crippen molar-refractivity contribution in [2.75, 3.05) is 13.3 Å². The standard InChI is InChI=1S/C24H23N3O9/c1-14-21(23(30)34-12-15-6-3-2-4-7-15)22(25-24(31)26(14)9-5-8-20(28)29)16-10-18-19(36-13-35-18)11-17(16)27(32)33/h2-4,6-7,10-11,22H,5,8-9,12-13H2,1H3,(H,25,31)(H,28,29). The largest absolute Gasteiger partial charge is 0.481 e. The summed E-state index contributed by atoms with van der Waals surface area (Å²) in [7, 11) is 0. The highest BCUT2D eigenvalue weighted by Crippen LogP contribution is 2.43. The average Bonchev–Trinajstić information content (AvgIpc) is 3.31. The van der Waals surface area contributed by atoms with Gasteiger partial charge in [0.05, 0.1) is 28.2 Å². The van der Waals surface area contributed by atoms with E-state index in [4.69, 9.17) is 19.3 Å². The molecule has 0 aliphatic carbocycles. The lowest BCUT2D eigenvalue weighted by Crippen LogP contribution is -2.48. The summed E-state index contributed by atoms with van der Waals surface area (Å²) in [5.74, 6) is -1.39. The summed E-state index contributed by atoms with van der Waals surface area (Å²) >= 11 is 0. The molecule has 2 aromatic rings. The van der Waals surface area contributed by atoms with Crippen LogP contribution in [0.3, 0.4) is 0 Å². The van der Waals surface area contributed by atoms with Crippen LogP contribution in [0, 0.1) is 10.1 Å². The summed E-state index contributed by atoms with van der Waals surface area (Å²) in [4.78, 5) is 49.7. The third-order valence-corrected chi connectivity index (χ3v) is 5.83. The quantitative estimate of drug-likeness (QED) is 0.301. The highest BCUT2D eigenvalue weighted by molar-refractivity contribution is 5.95. The summed E-state index contributed by atoms with van der Waals surface area (Å²) in [6, 6.07) is 9.65. The number of carbonyl (C=O) groups excluding carboxylic acids is 2. The summed E-state index contributed by atoms with van der Waals surface area (Å²) in [5, 5.41) is 23.5. The Labute approximate surface area is 205 Å². The summed E-state index contributed by atoms with van der Waals surface area (Å²) in [5.41, 5.74) is 0.577. The lowest BCUT2D eigenvalue weighted by Gasteiger charge is -2.35. The van der Waals surface area contributed by atoms with Crippen molar-refractivity contribution in [2.24, 2.45) is 0 Å². The van der Waals surface area contributed by atoms with Crippen LogP contribution in [0.1, 0.15) is 36.9 Å². The van der Waals surface area contributed by atoms with Gasteiger partial charge < -0.3 is 24.6 Å². The fourth-order valence-corrected chi connectivity index (χ4v) is 4.07. The number of urea groups is 1. The summed E-state index contributed by atoms with van der Waals surface area (Å²) in [6.07, 6.45) is -0.0385. The van der Waals surface area contributed by atoms with Crippen LogP contribution < -0.4 is 14.8 Å². The lowest BCUT2D eigenvalue weighted by atomic mass is 9.93. The van der Waals surface area contributed by atoms with E-state index in [1.54, 1.807) is 24.3 Å². The molecule has 2 amide bonds. The Hall–Kier alpha value is -4.61. The van der Waals surface area contributed by atoms with E-state index >= 15 is 0 Å². The molecule has 0 fully saturated rings. The monoisotopic (exact) mass is 497 g/mol. The normalized spacial score (nSPS) is 16.5. The number of nitrogens with zero attached hydrogens (tertiary/aromatic N) is 2. The van der Waals surface area contributed by atoms with Gasteiger partial charge in [-0.1, -0.05) is 30.3 Å². The van der Waals surface area contributed by atoms with Crippen molar-refractivity contribution < 1.29 is 38.6 Å². The second kappa shape index (κ2) is 10.3. The van der Waals surface area contributed by atoms with Crippen LogP contribution in [-0.4, -0.2) is 46.2 Å². The minimum absolute atomic E-state index is 0.0113. The highest BCUT2D eigenvalue weighted by atomic mass is 16.7. The zero-order chi connectivity index (χ0) is 25.8. The molecule has 1 unspecified atom stereocenters. The van der Waals surface area contributed by atoms with Gasteiger partial charge in [-0.3, -0.25) is 19.8 Å². The molecule has 188 valence electrons. The minimum atomic E-state index is -1.22. The first-order valence-electron chi connectivity index (χ1n) is 11.1. The predicted molar refractivity (Wildman–Crippen MR) is 123 cm³/mol. The van der Waals surface area contributed by atoms with Crippen molar-refractivity contribution in [1.29, 1.82) is 0 Å². The van der Waals surface area contributed by atoms with Crippen LogP contribution in [0.25, 0.3) is 0 Å². The van der Waals surface area contributed by atoms with Gasteiger partial charge in [0.2, 0.25) is 6.79 Å². The van der Waals surface area contributed by atoms with Gasteiger partial charge in [0.25, 0.3) is 5.69 Å². The van der Waals surface area contributed by atoms with Crippen molar-refractivity contribution >= 4 is 23.7 Å². The Morgan fingerprint density at radius 1 is 1.22 bits per heavy atom. The molecule has 0 spiro atoms. The van der Waals surface area contributed by atoms with E-state index in [0.29, 0.717) is 0 Å². The maximum Gasteiger partial charge on any atom is 0.338 e. The molecule has 0 radical (unpaired) electrons. The number of nitro groups is 1. The van der Waals surface area contributed by atoms with Crippen LogP contribution in [-0.2, 0) is 20.9 Å². The number of amides is 2. The third-order valence-electron chi connectivity index (χ3n) is 5.83. The second-order valence-corrected chi connectivity index (χ2v) is 8.11. The topological polar surface area (TPSA) is 158 Å². The molecule has 2 aliphatic rings. The average molecular weight is 497 g/mol. The first-order valence-corrected chi connectivity index (χ1v) is 11.1. The summed E-state index contributed by atoms with van der Waals surface area (Å²) in [6.45, 7) is 1.37. The zero-order valence-electron chi connectivity index (χ0n) is 19.3. The van der Waals surface area contributed by atoms with E-state index in [1.165, 1.54) is 24.0 Å². The Balaban J connectivity index is 1.74. The molecule has 0 bridgehead atoms. The number of carboxylic acid groups (broad SMARTS) is 1. The van der Waals surface area contributed by atoms with E-state index in [9.17, 15) is 24.5 Å². The van der Waals surface area contributed by atoms with Crippen molar-refractivity contribution in [3.05, 3.63) is 75.0 Å². The van der Waals surface area contributed by atoms with E-state index in [0.717, 1.165) is 5.56 Å². The van der Waals surface area contributed by atoms with Gasteiger partial charge in [-0.2, -0.15) is 0 Å². The van der Waals surface area contributed by atoms with Gasteiger partial charge in [0, 0.05) is 18.7 Å². The zero-order valence-corrected chi connectivity index (χ0v) is 19.3. The molecule has 36 heavy (non-hydrogen) atoms. The Morgan fingerprint density at radius 3 is 2.58 bits per heavy atom. The Morgan fingerprint density at radius 2 is 1.92 bits per heavy atom. The van der Waals surface area contributed by atoms with Crippen molar-refractivity contribution in [2.45, 2.75) is 32.4 Å². The van der Waals surface area contributed by atoms with Gasteiger partial charge >= 0.3 is 18.0 Å². The maximum absolute atomic E-state index is 13.3. The third kappa shape index (κ3) is 5.06. The minimum Gasteiger partial charge on any atom is -0.481 e. The number of ether oxygens (including phenoxy) is 3. The fraction of sp³-hybridized carbons (Fsp3) is 0.292. The molecule has 2 aliphatic heterocycles. The lowest BCUT2D eigenvalue weighted by molar-refractivity contribution is -0.385. The number of nitro benzene ring substituents is 1. The number of hydrogen-bond donors (Lipinski definition) is 2. The number of carbonyl (C=O) groups is 3. The number of hydrogen-bond acceptors (Lipinski definition) is 8. The van der Waals surface area contributed by atoms with Gasteiger partial charge in [-0.25, -0.2) is 9.59 Å². The molecular weight excluding hydrogens is 474 g/mol. The number of rotatable bonds is 9. The number of nitrogens with one attached hydrogen (secondary N) is 1. The van der Waals surface area contributed by atoms with Crippen molar-refractivity contribution in [1.82, 2.24) is 10.2 Å². The number of allylic oxidation sites excluding steroid dienone is 1. The van der Waals surface area contributed by atoms with E-state index in [-0.39, 0.29) is 66.8 Å². The highest BCUT2D eigenvalue weighted by Gasteiger charge is 2.40. The molecule has 2 aromatic carbocycles. The maximum atomic E-state index is 13.3. The fourth-order valence-electron chi connectivity index (χ4n) is 4.07. The van der Waals surface area contributed by atoms with Gasteiger partial charge in [-0.15, -0.1) is 0 Å². The molecule has 2 heterocycles. The first kappa shape index (κ1) is 24.5. The Bertz CT molecular complexity index is 1240. The number of aliphatic carboxylic acids is 1. The van der Waals surface area contributed by atoms with Gasteiger partial charge in [0.1, 0.15) is 6.61 Å². The smallest absolute Gasteiger partial charge is 0.338 e. The van der Waals surface area contributed by atoms with Crippen molar-refractivity contribution in [3.63, 3.8) is 0 Å². The second-order valence-electron chi connectivity index (χ2n) is 8.11. The first-order chi connectivity index (χ1) is 17.3. The molecule has 0 aromatic heterocycles. The number of benzene rings is 2. The molecule has 12 nitrogen and oxygen atoms in total. The van der Waals surface area contributed by atoms with Crippen LogP contribution >= 0.6 is 0 Å². The molecule has 1 atom stereocenters. The molecule has 12 heteroatoms. The van der Waals surface area contributed by atoms with E-state index in [2.05, 4.69) is 5.32 Å². The Kier molecular flexibility index (Phi) is 7.04. The summed E-state index contributed by atoms with van der Waals surface area (Å²) < 4.78 is 16.1. The predicted octanol–water partition coefficient (Wildman–Crippen LogP) is 3.27. The molecule has 2 N–H and O–H groups in total. The van der Waals surface area contributed by atoms with Gasteiger partial charge in [0.15, 0.2) is 11.5 Å². The number of esters is 1. The molecular formula is C24H23N3O9. The van der Waals surface area contributed by atoms with Crippen LogP contribution in [0.4, 0.5) is 10.5 Å². The van der Waals surface area contributed by atoms with Crippen LogP contribution in [0.2, 0.25) is 0 Å². The van der Waals surface area contributed by atoms with Gasteiger partial charge in [-0.05, 0) is 25.0 Å². The molecule has 4 rings (SSSR count). The van der Waals surface area contributed by atoms with E-state index in [1.807, 2.05) is 6.07 Å². The van der Waals surface area contributed by atoms with Crippen molar-refractivity contribution in [3.8, 4) is 11.5 Å². The van der Waals surface area contributed by atoms with E-state index < -0.39 is 28.9 Å². The van der Waals surface area contributed by atoms with Crippen LogP contribution in [0.15, 0.2) is 53.7 Å². The number of fused-ring (bicyclic) bond motifs is 1. The van der Waals surface area contributed by atoms with Crippen LogP contribution in [0.5, 0.6) is 11.5 Å². The molecule has 0 saturated heterocycles. The molecule has 0 saturated carbocycles.